The number of hydrogen-bond acceptors (Lipinski definition) is 3. The largest absolute Gasteiger partial charge is 0.399 e. The Morgan fingerprint density at radius 1 is 1.29 bits per heavy atom. The summed E-state index contributed by atoms with van der Waals surface area (Å²) in [6, 6.07) is 13.2. The summed E-state index contributed by atoms with van der Waals surface area (Å²) in [7, 11) is 0. The van der Waals surface area contributed by atoms with Crippen molar-refractivity contribution in [2.75, 3.05) is 22.9 Å². The number of nitrogen functional groups attached to an aromatic ring is 1. The summed E-state index contributed by atoms with van der Waals surface area (Å²) < 4.78 is 0. The topological polar surface area (TPSA) is 46.3 Å². The molecular formula is C16H15ClN2OS. The number of amides is 1. The normalized spacial score (nSPS) is 13.9. The number of nitrogens with zero attached hydrogens (tertiary/aromatic N) is 1. The molecule has 2 aromatic rings. The maximum Gasteiger partial charge on any atom is 0.231 e. The molecule has 0 spiro atoms. The molecule has 0 aromatic heterocycles. The third kappa shape index (κ3) is 3.01. The first-order valence-electron chi connectivity index (χ1n) is 6.71. The number of fused-ring (bicyclic) bond motifs is 1. The van der Waals surface area contributed by atoms with Crippen LogP contribution in [0.25, 0.3) is 0 Å². The minimum Gasteiger partial charge on any atom is -0.399 e. The lowest BCUT2D eigenvalue weighted by atomic mass is 10.1. The molecule has 0 radical (unpaired) electrons. The Morgan fingerprint density at radius 2 is 2.10 bits per heavy atom. The van der Waals surface area contributed by atoms with Crippen LogP contribution in [-0.2, 0) is 11.2 Å². The van der Waals surface area contributed by atoms with Crippen molar-refractivity contribution >= 4 is 40.6 Å². The van der Waals surface area contributed by atoms with Crippen LogP contribution >= 0.6 is 23.4 Å². The van der Waals surface area contributed by atoms with E-state index in [-0.39, 0.29) is 5.91 Å². The summed E-state index contributed by atoms with van der Waals surface area (Å²) in [6.45, 7) is 0.699. The Morgan fingerprint density at radius 3 is 2.90 bits per heavy atom. The van der Waals surface area contributed by atoms with Crippen molar-refractivity contribution in [2.45, 2.75) is 11.3 Å². The predicted molar refractivity (Wildman–Crippen MR) is 89.1 cm³/mol. The number of halogens is 1. The van der Waals surface area contributed by atoms with E-state index in [1.807, 2.05) is 47.4 Å². The van der Waals surface area contributed by atoms with Crippen molar-refractivity contribution in [1.82, 2.24) is 0 Å². The van der Waals surface area contributed by atoms with Crippen LogP contribution < -0.4 is 10.6 Å². The Bertz CT molecular complexity index is 690. The van der Waals surface area contributed by atoms with Gasteiger partial charge >= 0.3 is 0 Å². The van der Waals surface area contributed by atoms with E-state index in [2.05, 4.69) is 0 Å². The highest BCUT2D eigenvalue weighted by atomic mass is 35.5. The molecule has 0 bridgehead atoms. The predicted octanol–water partition coefficient (Wildman–Crippen LogP) is 3.60. The zero-order valence-corrected chi connectivity index (χ0v) is 13.0. The highest BCUT2D eigenvalue weighted by molar-refractivity contribution is 7.99. The average Bonchev–Trinajstić information content (AvgIpc) is 2.49. The van der Waals surface area contributed by atoms with E-state index in [0.717, 1.165) is 21.9 Å². The number of hydrogen-bond donors (Lipinski definition) is 1. The molecule has 0 saturated heterocycles. The molecule has 3 rings (SSSR count). The summed E-state index contributed by atoms with van der Waals surface area (Å²) in [6.07, 6.45) is 0.304. The molecule has 2 aromatic carbocycles. The number of carbonyl (C=O) groups is 1. The van der Waals surface area contributed by atoms with Crippen molar-refractivity contribution < 1.29 is 4.79 Å². The summed E-state index contributed by atoms with van der Waals surface area (Å²) in [4.78, 5) is 15.5. The molecule has 2 N–H and O–H groups in total. The molecule has 5 heteroatoms. The van der Waals surface area contributed by atoms with E-state index in [1.54, 1.807) is 11.8 Å². The van der Waals surface area contributed by atoms with Crippen LogP contribution in [0.2, 0.25) is 5.02 Å². The van der Waals surface area contributed by atoms with Crippen LogP contribution in [0, 0.1) is 0 Å². The molecule has 0 aliphatic carbocycles. The Balaban J connectivity index is 1.87. The second kappa shape index (κ2) is 6.00. The van der Waals surface area contributed by atoms with Gasteiger partial charge < -0.3 is 10.6 Å². The van der Waals surface area contributed by atoms with Gasteiger partial charge in [-0.2, -0.15) is 0 Å². The molecule has 0 atom stereocenters. The van der Waals surface area contributed by atoms with Gasteiger partial charge in [0.05, 0.1) is 12.1 Å². The minimum absolute atomic E-state index is 0.0512. The van der Waals surface area contributed by atoms with Gasteiger partial charge in [-0.25, -0.2) is 0 Å². The van der Waals surface area contributed by atoms with Gasteiger partial charge in [-0.05, 0) is 29.8 Å². The van der Waals surface area contributed by atoms with Crippen molar-refractivity contribution in [3.8, 4) is 0 Å². The van der Waals surface area contributed by atoms with Gasteiger partial charge in [0.15, 0.2) is 0 Å². The average molecular weight is 319 g/mol. The summed E-state index contributed by atoms with van der Waals surface area (Å²) >= 11 is 7.89. The second-order valence-corrected chi connectivity index (χ2v) is 6.43. The number of anilines is 2. The lowest BCUT2D eigenvalue weighted by Gasteiger charge is -2.29. The molecule has 1 amide bonds. The van der Waals surface area contributed by atoms with Crippen LogP contribution in [0.15, 0.2) is 47.4 Å². The molecule has 0 unspecified atom stereocenters. The smallest absolute Gasteiger partial charge is 0.231 e. The Kier molecular flexibility index (Phi) is 4.08. The summed E-state index contributed by atoms with van der Waals surface area (Å²) in [5, 5.41) is 0.630. The second-order valence-electron chi connectivity index (χ2n) is 4.89. The van der Waals surface area contributed by atoms with Crippen molar-refractivity contribution in [1.29, 1.82) is 0 Å². The molecule has 3 nitrogen and oxygen atoms in total. The maximum absolute atomic E-state index is 12.6. The molecule has 0 fully saturated rings. The monoisotopic (exact) mass is 318 g/mol. The highest BCUT2D eigenvalue weighted by Crippen LogP contribution is 2.36. The van der Waals surface area contributed by atoms with Crippen LogP contribution in [0.3, 0.4) is 0 Å². The Labute approximate surface area is 133 Å². The van der Waals surface area contributed by atoms with E-state index >= 15 is 0 Å². The van der Waals surface area contributed by atoms with Crippen LogP contribution in [0.4, 0.5) is 11.4 Å². The minimum atomic E-state index is 0.0512. The first-order chi connectivity index (χ1) is 10.1. The number of rotatable bonds is 2. The quantitative estimate of drug-likeness (QED) is 0.861. The van der Waals surface area contributed by atoms with Crippen molar-refractivity contribution in [3.63, 3.8) is 0 Å². The van der Waals surface area contributed by atoms with E-state index in [0.29, 0.717) is 23.7 Å². The van der Waals surface area contributed by atoms with Gasteiger partial charge in [-0.1, -0.05) is 29.8 Å². The summed E-state index contributed by atoms with van der Waals surface area (Å²) in [5.74, 6) is 0.945. The zero-order chi connectivity index (χ0) is 14.8. The molecule has 21 heavy (non-hydrogen) atoms. The SMILES string of the molecule is Nc1ccc2c(c1)N(C(=O)Cc1ccccc1Cl)CCS2. The third-order valence-electron chi connectivity index (χ3n) is 3.45. The van der Waals surface area contributed by atoms with Crippen LogP contribution in [0.5, 0.6) is 0 Å². The van der Waals surface area contributed by atoms with Crippen LogP contribution in [-0.4, -0.2) is 18.2 Å². The highest BCUT2D eigenvalue weighted by Gasteiger charge is 2.23. The van der Waals surface area contributed by atoms with Gasteiger partial charge in [-0.3, -0.25) is 4.79 Å². The zero-order valence-electron chi connectivity index (χ0n) is 11.4. The molecular weight excluding hydrogens is 304 g/mol. The van der Waals surface area contributed by atoms with E-state index < -0.39 is 0 Å². The standard InChI is InChI=1S/C16H15ClN2OS/c17-13-4-2-1-3-11(13)9-16(20)19-7-8-21-15-6-5-12(18)10-14(15)19/h1-6,10H,7-9,18H2. The van der Waals surface area contributed by atoms with Gasteiger partial charge in [0.2, 0.25) is 5.91 Å². The fraction of sp³-hybridized carbons (Fsp3) is 0.188. The first-order valence-corrected chi connectivity index (χ1v) is 8.07. The molecule has 108 valence electrons. The van der Waals surface area contributed by atoms with Gasteiger partial charge in [-0.15, -0.1) is 11.8 Å². The fourth-order valence-corrected chi connectivity index (χ4v) is 3.57. The van der Waals surface area contributed by atoms with E-state index in [1.165, 1.54) is 0 Å². The van der Waals surface area contributed by atoms with Gasteiger partial charge in [0.1, 0.15) is 0 Å². The van der Waals surface area contributed by atoms with Crippen molar-refractivity contribution in [3.05, 3.63) is 53.1 Å². The van der Waals surface area contributed by atoms with Gasteiger partial charge in [0, 0.05) is 27.9 Å². The summed E-state index contributed by atoms with van der Waals surface area (Å²) in [5.41, 5.74) is 8.29. The molecule has 1 aliphatic rings. The Hall–Kier alpha value is -1.65. The molecule has 0 saturated carbocycles. The maximum atomic E-state index is 12.6. The van der Waals surface area contributed by atoms with Crippen LogP contribution in [0.1, 0.15) is 5.56 Å². The van der Waals surface area contributed by atoms with Gasteiger partial charge in [0.25, 0.3) is 0 Å². The first kappa shape index (κ1) is 14.3. The lowest BCUT2D eigenvalue weighted by Crippen LogP contribution is -2.36. The van der Waals surface area contributed by atoms with E-state index in [9.17, 15) is 4.79 Å². The number of nitrogens with two attached hydrogens (primary N) is 1. The fourth-order valence-electron chi connectivity index (χ4n) is 2.39. The van der Waals surface area contributed by atoms with E-state index in [4.69, 9.17) is 17.3 Å². The number of benzene rings is 2. The third-order valence-corrected chi connectivity index (χ3v) is 4.86. The number of thioether (sulfide) groups is 1. The number of carbonyl (C=O) groups excluding carboxylic acids is 1. The molecule has 1 aliphatic heterocycles. The lowest BCUT2D eigenvalue weighted by molar-refractivity contribution is -0.118. The molecule has 1 heterocycles. The van der Waals surface area contributed by atoms with Crippen molar-refractivity contribution in [2.24, 2.45) is 0 Å².